The van der Waals surface area contributed by atoms with Crippen LogP contribution in [0.25, 0.3) is 0 Å². The number of hydrogen-bond donors (Lipinski definition) is 1. The molecular formula is C25H37NO. The van der Waals surface area contributed by atoms with E-state index in [1.165, 1.54) is 11.3 Å². The highest BCUT2D eigenvalue weighted by Gasteiger charge is 2.26. The van der Waals surface area contributed by atoms with Crippen LogP contribution in [0.3, 0.4) is 0 Å². The van der Waals surface area contributed by atoms with Gasteiger partial charge in [-0.3, -0.25) is 0 Å². The number of para-hydroxylation sites is 1. The largest absolute Gasteiger partial charge is 0.507 e. The molecule has 2 nitrogen and oxygen atoms in total. The molecule has 0 heterocycles. The van der Waals surface area contributed by atoms with E-state index in [1.54, 1.807) is 0 Å². The molecule has 0 atom stereocenters. The highest BCUT2D eigenvalue weighted by atomic mass is 16.3. The van der Waals surface area contributed by atoms with Crippen LogP contribution < -0.4 is 4.90 Å². The summed E-state index contributed by atoms with van der Waals surface area (Å²) in [6, 6.07) is 14.8. The molecule has 2 aromatic carbocycles. The SMILES string of the molecule is CCC(C)(C)CN(Cc1cc(C)cc(C(C)(C)CC)c1O)c1ccccc1. The molecule has 0 aromatic heterocycles. The van der Waals surface area contributed by atoms with Crippen molar-refractivity contribution in [1.29, 1.82) is 0 Å². The summed E-state index contributed by atoms with van der Waals surface area (Å²) in [4.78, 5) is 2.40. The molecule has 0 unspecified atom stereocenters. The van der Waals surface area contributed by atoms with Crippen LogP contribution in [0.2, 0.25) is 0 Å². The van der Waals surface area contributed by atoms with Crippen LogP contribution in [0.1, 0.15) is 71.1 Å². The lowest BCUT2D eigenvalue weighted by Crippen LogP contribution is -2.33. The van der Waals surface area contributed by atoms with Crippen molar-refractivity contribution in [1.82, 2.24) is 0 Å². The van der Waals surface area contributed by atoms with E-state index < -0.39 is 0 Å². The van der Waals surface area contributed by atoms with Crippen LogP contribution in [0.4, 0.5) is 5.69 Å². The second-order valence-electron chi connectivity index (χ2n) is 9.27. The predicted octanol–water partition coefficient (Wildman–Crippen LogP) is 6.83. The van der Waals surface area contributed by atoms with Gasteiger partial charge < -0.3 is 10.0 Å². The smallest absolute Gasteiger partial charge is 0.124 e. The van der Waals surface area contributed by atoms with Gasteiger partial charge in [0.1, 0.15) is 5.75 Å². The van der Waals surface area contributed by atoms with Crippen molar-refractivity contribution >= 4 is 5.69 Å². The maximum absolute atomic E-state index is 11.1. The Morgan fingerprint density at radius 1 is 0.926 bits per heavy atom. The van der Waals surface area contributed by atoms with Gasteiger partial charge in [0.05, 0.1) is 0 Å². The summed E-state index contributed by atoms with van der Waals surface area (Å²) >= 11 is 0. The molecule has 0 saturated carbocycles. The first kappa shape index (κ1) is 21.3. The van der Waals surface area contributed by atoms with E-state index >= 15 is 0 Å². The minimum atomic E-state index is -0.0366. The fourth-order valence-corrected chi connectivity index (χ4v) is 3.39. The number of phenolic OH excluding ortho intramolecular Hbond substituents is 1. The normalized spacial score (nSPS) is 12.3. The molecular weight excluding hydrogens is 330 g/mol. The average Bonchev–Trinajstić information content (AvgIpc) is 2.64. The maximum Gasteiger partial charge on any atom is 0.124 e. The van der Waals surface area contributed by atoms with E-state index in [1.807, 2.05) is 0 Å². The Morgan fingerprint density at radius 2 is 1.56 bits per heavy atom. The molecule has 0 saturated heterocycles. The maximum atomic E-state index is 11.1. The summed E-state index contributed by atoms with van der Waals surface area (Å²) in [5.74, 6) is 0.461. The highest BCUT2D eigenvalue weighted by molar-refractivity contribution is 5.52. The van der Waals surface area contributed by atoms with Crippen LogP contribution in [0, 0.1) is 12.3 Å². The standard InChI is InChI=1S/C25H37NO/c1-8-24(4,5)18-26(21-13-11-10-12-14-21)17-20-15-19(3)16-22(23(20)27)25(6,7)9-2/h10-16,27H,8-9,17-18H2,1-7H3. The van der Waals surface area contributed by atoms with E-state index in [0.29, 0.717) is 12.3 Å². The third-order valence-electron chi connectivity index (χ3n) is 6.00. The Kier molecular flexibility index (Phi) is 6.62. The van der Waals surface area contributed by atoms with E-state index in [9.17, 15) is 5.11 Å². The van der Waals surface area contributed by atoms with Crippen molar-refractivity contribution < 1.29 is 5.11 Å². The number of phenols is 1. The molecule has 0 bridgehead atoms. The lowest BCUT2D eigenvalue weighted by atomic mass is 9.80. The van der Waals surface area contributed by atoms with Crippen molar-refractivity contribution in [3.8, 4) is 5.75 Å². The molecule has 0 spiro atoms. The number of aromatic hydroxyl groups is 1. The molecule has 2 rings (SSSR count). The van der Waals surface area contributed by atoms with Crippen molar-refractivity contribution in [2.45, 2.75) is 73.3 Å². The summed E-state index contributed by atoms with van der Waals surface area (Å²) < 4.78 is 0. The minimum absolute atomic E-state index is 0.0366. The minimum Gasteiger partial charge on any atom is -0.507 e. The lowest BCUT2D eigenvalue weighted by Gasteiger charge is -2.34. The van der Waals surface area contributed by atoms with Gasteiger partial charge in [-0.05, 0) is 42.7 Å². The first-order chi connectivity index (χ1) is 12.6. The monoisotopic (exact) mass is 367 g/mol. The first-order valence-corrected chi connectivity index (χ1v) is 10.2. The number of anilines is 1. The molecule has 2 heteroatoms. The van der Waals surface area contributed by atoms with Gasteiger partial charge in [-0.2, -0.15) is 0 Å². The Labute approximate surface area is 166 Å². The molecule has 0 aliphatic heterocycles. The van der Waals surface area contributed by atoms with E-state index in [-0.39, 0.29) is 10.8 Å². The number of rotatable bonds is 8. The van der Waals surface area contributed by atoms with Crippen molar-refractivity contribution in [3.05, 3.63) is 59.2 Å². The topological polar surface area (TPSA) is 23.5 Å². The zero-order valence-electron chi connectivity index (χ0n) is 18.3. The predicted molar refractivity (Wildman–Crippen MR) is 118 cm³/mol. The fraction of sp³-hybridized carbons (Fsp3) is 0.520. The Bertz CT molecular complexity index is 746. The lowest BCUT2D eigenvalue weighted by molar-refractivity contribution is 0.349. The van der Waals surface area contributed by atoms with Gasteiger partial charge in [0.2, 0.25) is 0 Å². The zero-order chi connectivity index (χ0) is 20.2. The molecule has 0 aliphatic rings. The van der Waals surface area contributed by atoms with Crippen molar-refractivity contribution in [3.63, 3.8) is 0 Å². The van der Waals surface area contributed by atoms with E-state index in [4.69, 9.17) is 0 Å². The highest BCUT2D eigenvalue weighted by Crippen LogP contribution is 2.38. The molecule has 0 fully saturated rings. The molecule has 0 radical (unpaired) electrons. The number of benzene rings is 2. The number of nitrogens with zero attached hydrogens (tertiary/aromatic N) is 1. The van der Waals surface area contributed by atoms with E-state index in [2.05, 4.69) is 95.8 Å². The van der Waals surface area contributed by atoms with Gasteiger partial charge in [-0.15, -0.1) is 0 Å². The second kappa shape index (κ2) is 8.37. The summed E-state index contributed by atoms with van der Waals surface area (Å²) in [7, 11) is 0. The molecule has 0 aliphatic carbocycles. The molecule has 148 valence electrons. The molecule has 27 heavy (non-hydrogen) atoms. The van der Waals surface area contributed by atoms with Gasteiger partial charge in [0.25, 0.3) is 0 Å². The van der Waals surface area contributed by atoms with Crippen LogP contribution in [0.15, 0.2) is 42.5 Å². The fourth-order valence-electron chi connectivity index (χ4n) is 3.39. The number of aryl methyl sites for hydroxylation is 1. The third-order valence-corrected chi connectivity index (χ3v) is 6.00. The van der Waals surface area contributed by atoms with Crippen LogP contribution in [-0.4, -0.2) is 11.7 Å². The number of hydrogen-bond acceptors (Lipinski definition) is 2. The van der Waals surface area contributed by atoms with Gasteiger partial charge in [-0.25, -0.2) is 0 Å². The first-order valence-electron chi connectivity index (χ1n) is 10.2. The molecule has 2 aromatic rings. The van der Waals surface area contributed by atoms with Gasteiger partial charge in [0, 0.05) is 29.9 Å². The van der Waals surface area contributed by atoms with Crippen LogP contribution in [-0.2, 0) is 12.0 Å². The quantitative estimate of drug-likeness (QED) is 0.552. The summed E-state index contributed by atoms with van der Waals surface area (Å²) in [5, 5.41) is 11.1. The van der Waals surface area contributed by atoms with Gasteiger partial charge >= 0.3 is 0 Å². The Morgan fingerprint density at radius 3 is 2.11 bits per heavy atom. The van der Waals surface area contributed by atoms with Crippen molar-refractivity contribution in [2.75, 3.05) is 11.4 Å². The van der Waals surface area contributed by atoms with Crippen LogP contribution >= 0.6 is 0 Å². The third kappa shape index (κ3) is 5.28. The Balaban J connectivity index is 2.46. The zero-order valence-corrected chi connectivity index (χ0v) is 18.3. The van der Waals surface area contributed by atoms with Crippen molar-refractivity contribution in [2.24, 2.45) is 5.41 Å². The molecule has 0 amide bonds. The van der Waals surface area contributed by atoms with E-state index in [0.717, 1.165) is 30.5 Å². The second-order valence-corrected chi connectivity index (χ2v) is 9.27. The molecule has 1 N–H and O–H groups in total. The van der Waals surface area contributed by atoms with Gasteiger partial charge in [0.15, 0.2) is 0 Å². The summed E-state index contributed by atoms with van der Waals surface area (Å²) in [6.45, 7) is 17.3. The Hall–Kier alpha value is -1.96. The average molecular weight is 368 g/mol. The summed E-state index contributed by atoms with van der Waals surface area (Å²) in [6.07, 6.45) is 2.11. The van der Waals surface area contributed by atoms with Gasteiger partial charge in [-0.1, -0.05) is 77.4 Å². The summed E-state index contributed by atoms with van der Waals surface area (Å²) in [5.41, 5.74) is 4.66. The van der Waals surface area contributed by atoms with Crippen LogP contribution in [0.5, 0.6) is 5.75 Å².